The summed E-state index contributed by atoms with van der Waals surface area (Å²) in [6.07, 6.45) is 2.64. The molecular weight excluding hydrogens is 178 g/mol. The molecule has 0 radical (unpaired) electrons. The van der Waals surface area contributed by atoms with Crippen LogP contribution in [0.1, 0.15) is 33.2 Å². The van der Waals surface area contributed by atoms with Gasteiger partial charge in [0.1, 0.15) is 5.82 Å². The zero-order valence-electron chi connectivity index (χ0n) is 8.90. The van der Waals surface area contributed by atoms with Gasteiger partial charge in [-0.15, -0.1) is 0 Å². The standard InChI is InChI=1S/C10H17N3O/c1-4-8(7(2)3)13-6-5-9(11)12-10(13)14/h5-8H,4H2,1-3H3,(H2,11,12,14). The predicted molar refractivity (Wildman–Crippen MR) is 57.1 cm³/mol. The van der Waals surface area contributed by atoms with Crippen molar-refractivity contribution >= 4 is 5.82 Å². The molecule has 0 aromatic carbocycles. The molecule has 0 aliphatic rings. The fraction of sp³-hybridized carbons (Fsp3) is 0.600. The molecule has 1 atom stereocenters. The number of nitrogens with two attached hydrogens (primary N) is 1. The molecular formula is C10H17N3O. The molecule has 0 spiro atoms. The molecule has 1 rings (SSSR count). The third kappa shape index (κ3) is 2.13. The van der Waals surface area contributed by atoms with E-state index in [1.807, 2.05) is 0 Å². The van der Waals surface area contributed by atoms with E-state index in [2.05, 4.69) is 25.8 Å². The highest BCUT2D eigenvalue weighted by Gasteiger charge is 2.14. The Kier molecular flexibility index (Phi) is 3.28. The average molecular weight is 195 g/mol. The minimum absolute atomic E-state index is 0.204. The quantitative estimate of drug-likeness (QED) is 0.793. The second-order valence-corrected chi connectivity index (χ2v) is 3.76. The molecule has 0 aliphatic carbocycles. The molecule has 4 nitrogen and oxygen atoms in total. The fourth-order valence-corrected chi connectivity index (χ4v) is 1.67. The first-order chi connectivity index (χ1) is 6.56. The summed E-state index contributed by atoms with van der Waals surface area (Å²) in [4.78, 5) is 15.2. The summed E-state index contributed by atoms with van der Waals surface area (Å²) >= 11 is 0. The molecule has 0 bridgehead atoms. The lowest BCUT2D eigenvalue weighted by Crippen LogP contribution is -2.29. The Labute approximate surface area is 83.8 Å². The van der Waals surface area contributed by atoms with Gasteiger partial charge in [0.15, 0.2) is 0 Å². The zero-order chi connectivity index (χ0) is 10.7. The van der Waals surface area contributed by atoms with Gasteiger partial charge in [0.25, 0.3) is 0 Å². The summed E-state index contributed by atoms with van der Waals surface area (Å²) in [6, 6.07) is 1.86. The molecule has 0 fully saturated rings. The molecule has 1 unspecified atom stereocenters. The molecule has 0 saturated heterocycles. The fourth-order valence-electron chi connectivity index (χ4n) is 1.67. The van der Waals surface area contributed by atoms with Crippen LogP contribution in [0.2, 0.25) is 0 Å². The van der Waals surface area contributed by atoms with Gasteiger partial charge >= 0.3 is 5.69 Å². The van der Waals surface area contributed by atoms with E-state index in [0.717, 1.165) is 6.42 Å². The molecule has 1 aromatic heterocycles. The van der Waals surface area contributed by atoms with E-state index in [1.165, 1.54) is 0 Å². The van der Waals surface area contributed by atoms with Crippen LogP contribution in [-0.2, 0) is 0 Å². The second kappa shape index (κ2) is 4.26. The van der Waals surface area contributed by atoms with Crippen molar-refractivity contribution in [3.63, 3.8) is 0 Å². The first-order valence-corrected chi connectivity index (χ1v) is 4.91. The van der Waals surface area contributed by atoms with Crippen LogP contribution in [0.3, 0.4) is 0 Å². The summed E-state index contributed by atoms with van der Waals surface area (Å²) in [5, 5.41) is 0. The molecule has 2 N–H and O–H groups in total. The first kappa shape index (κ1) is 10.8. The van der Waals surface area contributed by atoms with Gasteiger partial charge in [-0.05, 0) is 18.4 Å². The van der Waals surface area contributed by atoms with E-state index < -0.39 is 0 Å². The highest BCUT2D eigenvalue weighted by Crippen LogP contribution is 2.18. The molecule has 4 heteroatoms. The van der Waals surface area contributed by atoms with Gasteiger partial charge in [-0.1, -0.05) is 20.8 Å². The SMILES string of the molecule is CCC(C(C)C)n1ccc(N)nc1=O. The Hall–Kier alpha value is -1.32. The lowest BCUT2D eigenvalue weighted by atomic mass is 10.0. The van der Waals surface area contributed by atoms with E-state index >= 15 is 0 Å². The summed E-state index contributed by atoms with van der Waals surface area (Å²) in [6.45, 7) is 6.25. The number of aromatic nitrogens is 2. The summed E-state index contributed by atoms with van der Waals surface area (Å²) in [5.41, 5.74) is 5.16. The zero-order valence-corrected chi connectivity index (χ0v) is 8.90. The number of hydrogen-bond acceptors (Lipinski definition) is 3. The van der Waals surface area contributed by atoms with Crippen molar-refractivity contribution in [2.24, 2.45) is 5.92 Å². The Morgan fingerprint density at radius 2 is 2.21 bits per heavy atom. The topological polar surface area (TPSA) is 60.9 Å². The van der Waals surface area contributed by atoms with Crippen molar-refractivity contribution in [2.45, 2.75) is 33.2 Å². The Morgan fingerprint density at radius 1 is 1.57 bits per heavy atom. The minimum Gasteiger partial charge on any atom is -0.383 e. The van der Waals surface area contributed by atoms with Crippen LogP contribution in [-0.4, -0.2) is 9.55 Å². The summed E-state index contributed by atoms with van der Waals surface area (Å²) in [5.74, 6) is 0.702. The third-order valence-corrected chi connectivity index (χ3v) is 2.40. The maximum absolute atomic E-state index is 11.5. The predicted octanol–water partition coefficient (Wildman–Crippen LogP) is 1.43. The highest BCUT2D eigenvalue weighted by atomic mass is 16.1. The Bertz CT molecular complexity index is 357. The number of anilines is 1. The van der Waals surface area contributed by atoms with Crippen LogP contribution in [0, 0.1) is 5.92 Å². The van der Waals surface area contributed by atoms with Gasteiger partial charge in [-0.25, -0.2) is 4.79 Å². The summed E-state index contributed by atoms with van der Waals surface area (Å²) < 4.78 is 1.65. The number of hydrogen-bond donors (Lipinski definition) is 1. The van der Waals surface area contributed by atoms with Crippen molar-refractivity contribution in [3.05, 3.63) is 22.7 Å². The van der Waals surface area contributed by atoms with Crippen molar-refractivity contribution in [3.8, 4) is 0 Å². The lowest BCUT2D eigenvalue weighted by molar-refractivity contribution is 0.353. The van der Waals surface area contributed by atoms with Gasteiger partial charge < -0.3 is 5.73 Å². The highest BCUT2D eigenvalue weighted by molar-refractivity contribution is 5.23. The molecule has 1 heterocycles. The largest absolute Gasteiger partial charge is 0.383 e. The Balaban J connectivity index is 3.11. The van der Waals surface area contributed by atoms with Crippen LogP contribution in [0.15, 0.2) is 17.1 Å². The lowest BCUT2D eigenvalue weighted by Gasteiger charge is -2.21. The number of nitrogen functional groups attached to an aromatic ring is 1. The Morgan fingerprint density at radius 3 is 2.64 bits per heavy atom. The normalized spacial score (nSPS) is 13.1. The van der Waals surface area contributed by atoms with E-state index in [4.69, 9.17) is 5.73 Å². The smallest absolute Gasteiger partial charge is 0.349 e. The molecule has 1 aromatic rings. The van der Waals surface area contributed by atoms with Crippen LogP contribution >= 0.6 is 0 Å². The molecule has 78 valence electrons. The van der Waals surface area contributed by atoms with Gasteiger partial charge in [0, 0.05) is 12.2 Å². The monoisotopic (exact) mass is 195 g/mol. The summed E-state index contributed by atoms with van der Waals surface area (Å²) in [7, 11) is 0. The van der Waals surface area contributed by atoms with Crippen LogP contribution in [0.4, 0.5) is 5.82 Å². The van der Waals surface area contributed by atoms with E-state index in [9.17, 15) is 4.79 Å². The molecule has 0 amide bonds. The average Bonchev–Trinajstić information content (AvgIpc) is 2.09. The second-order valence-electron chi connectivity index (χ2n) is 3.76. The van der Waals surface area contributed by atoms with Crippen LogP contribution in [0.25, 0.3) is 0 Å². The van der Waals surface area contributed by atoms with Gasteiger partial charge in [0.05, 0.1) is 0 Å². The van der Waals surface area contributed by atoms with Crippen LogP contribution < -0.4 is 11.4 Å². The maximum atomic E-state index is 11.5. The van der Waals surface area contributed by atoms with Gasteiger partial charge in [-0.3, -0.25) is 4.57 Å². The number of nitrogens with zero attached hydrogens (tertiary/aromatic N) is 2. The molecule has 0 aliphatic heterocycles. The van der Waals surface area contributed by atoms with Crippen molar-refractivity contribution in [1.82, 2.24) is 9.55 Å². The van der Waals surface area contributed by atoms with Crippen LogP contribution in [0.5, 0.6) is 0 Å². The van der Waals surface area contributed by atoms with E-state index in [-0.39, 0.29) is 17.5 Å². The molecule has 0 saturated carbocycles. The van der Waals surface area contributed by atoms with Crippen molar-refractivity contribution in [2.75, 3.05) is 5.73 Å². The van der Waals surface area contributed by atoms with Crippen molar-refractivity contribution in [1.29, 1.82) is 0 Å². The van der Waals surface area contributed by atoms with Crippen molar-refractivity contribution < 1.29 is 0 Å². The van der Waals surface area contributed by atoms with E-state index in [1.54, 1.807) is 16.8 Å². The van der Waals surface area contributed by atoms with E-state index in [0.29, 0.717) is 5.92 Å². The first-order valence-electron chi connectivity index (χ1n) is 4.91. The third-order valence-electron chi connectivity index (χ3n) is 2.40. The number of rotatable bonds is 3. The maximum Gasteiger partial charge on any atom is 0.349 e. The minimum atomic E-state index is -0.259. The van der Waals surface area contributed by atoms with Gasteiger partial charge in [-0.2, -0.15) is 4.98 Å². The molecule has 14 heavy (non-hydrogen) atoms. The van der Waals surface area contributed by atoms with Gasteiger partial charge in [0.2, 0.25) is 0 Å².